The minimum absolute atomic E-state index is 0.0309. The lowest BCUT2D eigenvalue weighted by molar-refractivity contribution is -0.117. The van der Waals surface area contributed by atoms with Gasteiger partial charge in [-0.3, -0.25) is 14.5 Å². The Morgan fingerprint density at radius 1 is 1.16 bits per heavy atom. The fourth-order valence-electron chi connectivity index (χ4n) is 3.83. The van der Waals surface area contributed by atoms with Crippen molar-refractivity contribution in [3.63, 3.8) is 0 Å². The Labute approximate surface area is 228 Å². The van der Waals surface area contributed by atoms with Crippen LogP contribution in [0.1, 0.15) is 33.5 Å². The summed E-state index contributed by atoms with van der Waals surface area (Å²) >= 11 is 15.0. The number of hydrogen-bond acceptors (Lipinski definition) is 8. The molecule has 1 aliphatic rings. The van der Waals surface area contributed by atoms with Crippen molar-refractivity contribution in [3.05, 3.63) is 104 Å². The summed E-state index contributed by atoms with van der Waals surface area (Å²) in [7, 11) is 0. The van der Waals surface area contributed by atoms with Crippen molar-refractivity contribution in [1.82, 2.24) is 10.2 Å². The summed E-state index contributed by atoms with van der Waals surface area (Å²) in [5.74, 6) is -1.57. The van der Waals surface area contributed by atoms with Crippen LogP contribution in [0.25, 0.3) is 0 Å². The number of carbonyl (C=O) groups is 2. The second kappa shape index (κ2) is 10.3. The first-order chi connectivity index (χ1) is 17.7. The molecular formula is C25H16Cl2FN3O4S2. The van der Waals surface area contributed by atoms with Gasteiger partial charge >= 0.3 is 0 Å². The van der Waals surface area contributed by atoms with E-state index in [-0.39, 0.29) is 27.3 Å². The average Bonchev–Trinajstić information content (AvgIpc) is 3.57. The molecule has 1 aliphatic heterocycles. The van der Waals surface area contributed by atoms with E-state index in [1.165, 1.54) is 40.9 Å². The van der Waals surface area contributed by atoms with Crippen LogP contribution in [0, 0.1) is 12.7 Å². The predicted octanol–water partition coefficient (Wildman–Crippen LogP) is 6.96. The van der Waals surface area contributed by atoms with E-state index in [1.54, 1.807) is 37.3 Å². The first kappa shape index (κ1) is 25.5. The monoisotopic (exact) mass is 575 g/mol. The SMILES string of the molecule is Cc1ccc(C(=O)C2=C(O)C(=O)N(c3nnc(SCc4ccc(F)cc4)s3)C2c2ccc(Cl)cc2Cl)o1. The Bertz CT molecular complexity index is 1550. The summed E-state index contributed by atoms with van der Waals surface area (Å²) in [6.45, 7) is 1.68. The number of Topliss-reactive ketones (excluding diaryl/α,β-unsaturated/α-hetero) is 1. The van der Waals surface area contributed by atoms with E-state index in [4.69, 9.17) is 27.6 Å². The zero-order valence-electron chi connectivity index (χ0n) is 18.9. The lowest BCUT2D eigenvalue weighted by Crippen LogP contribution is -2.31. The molecular weight excluding hydrogens is 560 g/mol. The quantitative estimate of drug-likeness (QED) is 0.144. The molecule has 0 spiro atoms. The van der Waals surface area contributed by atoms with E-state index >= 15 is 0 Å². The van der Waals surface area contributed by atoms with Gasteiger partial charge in [0.1, 0.15) is 11.6 Å². The molecule has 0 saturated carbocycles. The minimum Gasteiger partial charge on any atom is -0.503 e. The maximum atomic E-state index is 13.4. The molecule has 12 heteroatoms. The van der Waals surface area contributed by atoms with Gasteiger partial charge in [-0.2, -0.15) is 0 Å². The number of anilines is 1. The largest absolute Gasteiger partial charge is 0.503 e. The molecule has 2 aromatic heterocycles. The van der Waals surface area contributed by atoms with E-state index in [1.807, 2.05) is 0 Å². The van der Waals surface area contributed by atoms with Crippen LogP contribution >= 0.6 is 46.3 Å². The standard InChI is InChI=1S/C25H16Cl2FN3O4S2/c1-12-2-9-18(35-12)21(32)19-20(16-8-5-14(26)10-17(16)27)31(23(34)22(19)33)24-29-30-25(37-24)36-11-13-3-6-15(28)7-4-13/h2-10,20,33H,11H2,1H3. The van der Waals surface area contributed by atoms with Gasteiger partial charge in [-0.15, -0.1) is 10.2 Å². The van der Waals surface area contributed by atoms with Crippen LogP contribution in [0.3, 0.4) is 0 Å². The number of aliphatic hydroxyl groups excluding tert-OH is 1. The number of thioether (sulfide) groups is 1. The van der Waals surface area contributed by atoms with E-state index in [0.717, 1.165) is 16.9 Å². The highest BCUT2D eigenvalue weighted by Gasteiger charge is 2.47. The van der Waals surface area contributed by atoms with Crippen LogP contribution in [0.2, 0.25) is 10.0 Å². The lowest BCUT2D eigenvalue weighted by Gasteiger charge is -2.24. The summed E-state index contributed by atoms with van der Waals surface area (Å²) < 4.78 is 19.2. The van der Waals surface area contributed by atoms with E-state index in [2.05, 4.69) is 10.2 Å². The zero-order chi connectivity index (χ0) is 26.3. The number of rotatable bonds is 7. The normalized spacial score (nSPS) is 15.6. The summed E-state index contributed by atoms with van der Waals surface area (Å²) in [5, 5.41) is 19.9. The maximum Gasteiger partial charge on any atom is 0.296 e. The molecule has 0 fully saturated rings. The highest BCUT2D eigenvalue weighted by Crippen LogP contribution is 2.46. The van der Waals surface area contributed by atoms with Gasteiger partial charge in [-0.1, -0.05) is 64.5 Å². The molecule has 5 rings (SSSR count). The van der Waals surface area contributed by atoms with Gasteiger partial charge in [0.05, 0.1) is 11.6 Å². The number of aryl methyl sites for hydroxylation is 1. The number of ketones is 1. The fourth-order valence-corrected chi connectivity index (χ4v) is 6.16. The minimum atomic E-state index is -1.10. The molecule has 4 aromatic rings. The molecule has 1 amide bonds. The number of hydrogen-bond donors (Lipinski definition) is 1. The first-order valence-corrected chi connectivity index (χ1v) is 13.3. The molecule has 0 saturated heterocycles. The Morgan fingerprint density at radius 2 is 1.92 bits per heavy atom. The van der Waals surface area contributed by atoms with Crippen molar-refractivity contribution in [2.45, 2.75) is 23.1 Å². The topological polar surface area (TPSA) is 96.5 Å². The van der Waals surface area contributed by atoms with Crippen molar-refractivity contribution in [3.8, 4) is 0 Å². The Kier molecular flexibility index (Phi) is 7.09. The molecule has 0 aliphatic carbocycles. The summed E-state index contributed by atoms with van der Waals surface area (Å²) in [5.41, 5.74) is 1.05. The van der Waals surface area contributed by atoms with Gasteiger partial charge in [-0.25, -0.2) is 4.39 Å². The number of furan rings is 1. The number of carbonyl (C=O) groups excluding carboxylic acids is 2. The number of aliphatic hydroxyl groups is 1. The van der Waals surface area contributed by atoms with Crippen LogP contribution < -0.4 is 4.90 Å². The van der Waals surface area contributed by atoms with Crippen LogP contribution in [-0.4, -0.2) is 27.0 Å². The third-order valence-corrected chi connectivity index (χ3v) is 8.24. The van der Waals surface area contributed by atoms with Crippen molar-refractivity contribution in [2.75, 3.05) is 4.90 Å². The highest BCUT2D eigenvalue weighted by atomic mass is 35.5. The van der Waals surface area contributed by atoms with Crippen molar-refractivity contribution >= 4 is 63.1 Å². The smallest absolute Gasteiger partial charge is 0.296 e. The number of benzene rings is 2. The van der Waals surface area contributed by atoms with E-state index in [9.17, 15) is 19.1 Å². The molecule has 188 valence electrons. The zero-order valence-corrected chi connectivity index (χ0v) is 22.1. The molecule has 3 heterocycles. The third-order valence-electron chi connectivity index (χ3n) is 5.55. The van der Waals surface area contributed by atoms with Crippen molar-refractivity contribution in [1.29, 1.82) is 0 Å². The summed E-state index contributed by atoms with van der Waals surface area (Å²) in [4.78, 5) is 27.9. The Morgan fingerprint density at radius 3 is 2.59 bits per heavy atom. The van der Waals surface area contributed by atoms with Crippen LogP contribution in [0.4, 0.5) is 9.52 Å². The third kappa shape index (κ3) is 5.02. The summed E-state index contributed by atoms with van der Waals surface area (Å²) in [6.07, 6.45) is 0. The molecule has 7 nitrogen and oxygen atoms in total. The molecule has 1 atom stereocenters. The Hall–Kier alpha value is -3.18. The van der Waals surface area contributed by atoms with E-state index in [0.29, 0.717) is 26.4 Å². The van der Waals surface area contributed by atoms with Crippen molar-refractivity contribution in [2.24, 2.45) is 0 Å². The fraction of sp³-hybridized carbons (Fsp3) is 0.120. The average molecular weight is 576 g/mol. The molecule has 2 aromatic carbocycles. The number of amides is 1. The molecule has 0 radical (unpaired) electrons. The van der Waals surface area contributed by atoms with Gasteiger partial charge in [0.25, 0.3) is 5.91 Å². The number of nitrogens with zero attached hydrogens (tertiary/aromatic N) is 3. The van der Waals surface area contributed by atoms with Crippen LogP contribution in [0.15, 0.2) is 74.7 Å². The van der Waals surface area contributed by atoms with Crippen LogP contribution in [-0.2, 0) is 10.5 Å². The maximum absolute atomic E-state index is 13.4. The lowest BCUT2D eigenvalue weighted by atomic mass is 9.95. The van der Waals surface area contributed by atoms with Gasteiger partial charge < -0.3 is 9.52 Å². The molecule has 37 heavy (non-hydrogen) atoms. The van der Waals surface area contributed by atoms with Gasteiger partial charge in [0, 0.05) is 15.8 Å². The van der Waals surface area contributed by atoms with Crippen molar-refractivity contribution < 1.29 is 23.5 Å². The van der Waals surface area contributed by atoms with E-state index < -0.39 is 23.5 Å². The molecule has 1 N–H and O–H groups in total. The first-order valence-electron chi connectivity index (χ1n) is 10.8. The number of halogens is 3. The predicted molar refractivity (Wildman–Crippen MR) is 140 cm³/mol. The second-order valence-corrected chi connectivity index (χ2v) is 11.0. The van der Waals surface area contributed by atoms with Gasteiger partial charge in [-0.05, 0) is 54.4 Å². The number of aromatic nitrogens is 2. The molecule has 0 bridgehead atoms. The van der Waals surface area contributed by atoms with Crippen LogP contribution in [0.5, 0.6) is 0 Å². The summed E-state index contributed by atoms with van der Waals surface area (Å²) in [6, 6.07) is 12.7. The highest BCUT2D eigenvalue weighted by molar-refractivity contribution is 8.00. The van der Waals surface area contributed by atoms with Gasteiger partial charge in [0.2, 0.25) is 10.9 Å². The molecule has 1 unspecified atom stereocenters. The second-order valence-electron chi connectivity index (χ2n) is 8.01. The Balaban J connectivity index is 1.51. The van der Waals surface area contributed by atoms with Gasteiger partial charge in [0.15, 0.2) is 15.9 Å².